The molecule has 0 saturated heterocycles. The standard InChI is InChI=1S/C24H22N.Ir/c1-16-11-12-25-23(13-16)19-7-9-21-17(14-19)5-6-18-15-20(24(2,3)4)8-10-22(18)21;/h5-6,8-15H,1-4H3;/q-1;. The van der Waals surface area contributed by atoms with Crippen molar-refractivity contribution in [1.82, 2.24) is 4.98 Å². The first kappa shape index (κ1) is 18.8. The molecule has 0 atom stereocenters. The molecule has 0 aliphatic heterocycles. The zero-order chi connectivity index (χ0) is 17.6. The molecule has 4 rings (SSSR count). The molecule has 4 aromatic rings. The quantitative estimate of drug-likeness (QED) is 0.209. The van der Waals surface area contributed by atoms with Crippen LogP contribution in [0.2, 0.25) is 0 Å². The van der Waals surface area contributed by atoms with Crippen molar-refractivity contribution in [3.8, 4) is 11.3 Å². The molecule has 1 nitrogen and oxygen atoms in total. The minimum absolute atomic E-state index is 0. The van der Waals surface area contributed by atoms with E-state index in [-0.39, 0.29) is 25.5 Å². The number of benzene rings is 3. The van der Waals surface area contributed by atoms with E-state index in [1.807, 2.05) is 12.3 Å². The normalized spacial score (nSPS) is 11.5. The van der Waals surface area contributed by atoms with Gasteiger partial charge in [-0.05, 0) is 35.0 Å². The van der Waals surface area contributed by atoms with Crippen LogP contribution in [0.15, 0.2) is 60.8 Å². The molecule has 2 heteroatoms. The predicted octanol–water partition coefficient (Wildman–Crippen LogP) is 6.46. The summed E-state index contributed by atoms with van der Waals surface area (Å²) in [5.41, 5.74) is 4.76. The molecule has 0 unspecified atom stereocenters. The van der Waals surface area contributed by atoms with Crippen molar-refractivity contribution in [2.24, 2.45) is 0 Å². The van der Waals surface area contributed by atoms with E-state index in [0.29, 0.717) is 0 Å². The van der Waals surface area contributed by atoms with E-state index in [4.69, 9.17) is 0 Å². The Bertz CT molecular complexity index is 1090. The zero-order valence-electron chi connectivity index (χ0n) is 15.6. The van der Waals surface area contributed by atoms with Crippen LogP contribution in [0.1, 0.15) is 31.9 Å². The first-order valence-corrected chi connectivity index (χ1v) is 8.73. The minimum Gasteiger partial charge on any atom is -0.305 e. The van der Waals surface area contributed by atoms with Crippen LogP contribution in [0.3, 0.4) is 0 Å². The summed E-state index contributed by atoms with van der Waals surface area (Å²) in [6.45, 7) is 8.85. The largest absolute Gasteiger partial charge is 0.305 e. The van der Waals surface area contributed by atoms with Gasteiger partial charge in [-0.2, -0.15) is 0 Å². The summed E-state index contributed by atoms with van der Waals surface area (Å²) in [5.74, 6) is 0. The molecule has 0 amide bonds. The van der Waals surface area contributed by atoms with Crippen molar-refractivity contribution in [1.29, 1.82) is 0 Å². The molecule has 3 aromatic carbocycles. The number of aryl methyl sites for hydroxylation is 1. The fourth-order valence-electron chi connectivity index (χ4n) is 3.30. The molecule has 0 bridgehead atoms. The summed E-state index contributed by atoms with van der Waals surface area (Å²) < 4.78 is 0. The molecule has 0 spiro atoms. The van der Waals surface area contributed by atoms with Gasteiger partial charge in [0, 0.05) is 26.3 Å². The maximum atomic E-state index is 4.49. The number of pyridine rings is 1. The summed E-state index contributed by atoms with van der Waals surface area (Å²) in [5, 5.41) is 5.04. The van der Waals surface area contributed by atoms with Crippen LogP contribution in [0.5, 0.6) is 0 Å². The number of rotatable bonds is 1. The maximum Gasteiger partial charge on any atom is 0.0163 e. The van der Waals surface area contributed by atoms with Crippen molar-refractivity contribution >= 4 is 21.5 Å². The van der Waals surface area contributed by atoms with Gasteiger partial charge in [-0.3, -0.25) is 0 Å². The van der Waals surface area contributed by atoms with E-state index in [1.54, 1.807) is 0 Å². The van der Waals surface area contributed by atoms with Gasteiger partial charge in [0.05, 0.1) is 0 Å². The van der Waals surface area contributed by atoms with Crippen LogP contribution in [-0.4, -0.2) is 4.98 Å². The number of fused-ring (bicyclic) bond motifs is 3. The Labute approximate surface area is 168 Å². The Kier molecular flexibility index (Phi) is 5.01. The smallest absolute Gasteiger partial charge is 0.0163 e. The van der Waals surface area contributed by atoms with Gasteiger partial charge in [-0.1, -0.05) is 73.5 Å². The molecule has 0 fully saturated rings. The fourth-order valence-corrected chi connectivity index (χ4v) is 3.30. The monoisotopic (exact) mass is 517 g/mol. The van der Waals surface area contributed by atoms with Crippen LogP contribution in [0.4, 0.5) is 0 Å². The Morgan fingerprint density at radius 3 is 2.27 bits per heavy atom. The van der Waals surface area contributed by atoms with Gasteiger partial charge >= 0.3 is 0 Å². The third-order valence-corrected chi connectivity index (χ3v) is 4.82. The van der Waals surface area contributed by atoms with Crippen molar-refractivity contribution < 1.29 is 20.1 Å². The summed E-state index contributed by atoms with van der Waals surface area (Å²) in [4.78, 5) is 4.49. The van der Waals surface area contributed by atoms with E-state index in [1.165, 1.54) is 32.7 Å². The van der Waals surface area contributed by atoms with Crippen molar-refractivity contribution in [2.75, 3.05) is 0 Å². The number of hydrogen-bond acceptors (Lipinski definition) is 1. The molecule has 1 radical (unpaired) electrons. The third-order valence-electron chi connectivity index (χ3n) is 4.82. The van der Waals surface area contributed by atoms with Gasteiger partial charge in [-0.25, -0.2) is 0 Å². The molecule has 0 saturated carbocycles. The van der Waals surface area contributed by atoms with Gasteiger partial charge in [0.2, 0.25) is 0 Å². The van der Waals surface area contributed by atoms with Crippen molar-refractivity contribution in [3.05, 3.63) is 78.0 Å². The second kappa shape index (κ2) is 6.95. The Morgan fingerprint density at radius 2 is 1.58 bits per heavy atom. The van der Waals surface area contributed by atoms with E-state index in [2.05, 4.69) is 87.3 Å². The Morgan fingerprint density at radius 1 is 0.846 bits per heavy atom. The van der Waals surface area contributed by atoms with Crippen LogP contribution in [0, 0.1) is 13.0 Å². The first-order chi connectivity index (χ1) is 11.9. The maximum absolute atomic E-state index is 4.49. The molecule has 1 heterocycles. The number of nitrogens with zero attached hydrogens (tertiary/aromatic N) is 1. The molecular weight excluding hydrogens is 494 g/mol. The molecule has 0 aliphatic carbocycles. The fraction of sp³-hybridized carbons (Fsp3) is 0.208. The summed E-state index contributed by atoms with van der Waals surface area (Å²) in [7, 11) is 0. The van der Waals surface area contributed by atoms with E-state index < -0.39 is 0 Å². The van der Waals surface area contributed by atoms with Gasteiger partial charge in [-0.15, -0.1) is 29.1 Å². The van der Waals surface area contributed by atoms with Gasteiger partial charge < -0.3 is 4.98 Å². The Balaban J connectivity index is 0.00000196. The topological polar surface area (TPSA) is 12.9 Å². The molecule has 1 aromatic heterocycles. The summed E-state index contributed by atoms with van der Waals surface area (Å²) >= 11 is 0. The summed E-state index contributed by atoms with van der Waals surface area (Å²) in [6, 6.07) is 23.1. The SMILES string of the molecule is Cc1ccnc(-c2[c-]cc3c(ccc4cc(C(C)(C)C)ccc43)c2)c1.[Ir]. The molecular formula is C24H22IrN-. The van der Waals surface area contributed by atoms with Crippen molar-refractivity contribution in [2.45, 2.75) is 33.1 Å². The van der Waals surface area contributed by atoms with E-state index in [9.17, 15) is 0 Å². The van der Waals surface area contributed by atoms with Crippen LogP contribution < -0.4 is 0 Å². The average molecular weight is 517 g/mol. The van der Waals surface area contributed by atoms with E-state index in [0.717, 1.165) is 11.3 Å². The number of hydrogen-bond donors (Lipinski definition) is 0. The van der Waals surface area contributed by atoms with Gasteiger partial charge in [0.1, 0.15) is 0 Å². The first-order valence-electron chi connectivity index (χ1n) is 8.73. The van der Waals surface area contributed by atoms with Gasteiger partial charge in [0.15, 0.2) is 0 Å². The van der Waals surface area contributed by atoms with Crippen molar-refractivity contribution in [3.63, 3.8) is 0 Å². The minimum atomic E-state index is 0. The Hall–Kier alpha value is -2.02. The molecule has 0 N–H and O–H groups in total. The molecule has 133 valence electrons. The second-order valence-corrected chi connectivity index (χ2v) is 7.82. The van der Waals surface area contributed by atoms with E-state index >= 15 is 0 Å². The van der Waals surface area contributed by atoms with Crippen LogP contribution in [0.25, 0.3) is 32.8 Å². The summed E-state index contributed by atoms with van der Waals surface area (Å²) in [6.07, 6.45) is 1.86. The third kappa shape index (κ3) is 3.45. The average Bonchev–Trinajstić information content (AvgIpc) is 2.60. The zero-order valence-corrected chi connectivity index (χ0v) is 17.9. The number of aromatic nitrogens is 1. The van der Waals surface area contributed by atoms with Crippen LogP contribution >= 0.6 is 0 Å². The molecule has 0 aliphatic rings. The molecule has 26 heavy (non-hydrogen) atoms. The second-order valence-electron chi connectivity index (χ2n) is 7.82. The van der Waals surface area contributed by atoms with Gasteiger partial charge in [0.25, 0.3) is 0 Å². The predicted molar refractivity (Wildman–Crippen MR) is 107 cm³/mol. The van der Waals surface area contributed by atoms with Crippen LogP contribution in [-0.2, 0) is 25.5 Å².